The number of hydrogen-bond acceptors (Lipinski definition) is 4. The highest BCUT2D eigenvalue weighted by Gasteiger charge is 2.20. The van der Waals surface area contributed by atoms with Crippen molar-refractivity contribution in [2.24, 2.45) is 0 Å². The van der Waals surface area contributed by atoms with Crippen LogP contribution in [0.4, 0.5) is 0 Å². The van der Waals surface area contributed by atoms with Crippen LogP contribution in [0, 0.1) is 0 Å². The summed E-state index contributed by atoms with van der Waals surface area (Å²) in [6.07, 6.45) is 1.82. The second kappa shape index (κ2) is 4.06. The maximum Gasteiger partial charge on any atom is 0.114 e. The quantitative estimate of drug-likeness (QED) is 0.769. The standard InChI is InChI=1S/C9H17N3O2/c1-7(14-4)5-12-6-8(10-11-12)9(2,3)13/h6-7,13H,5H2,1-4H3. The summed E-state index contributed by atoms with van der Waals surface area (Å²) in [5, 5.41) is 17.4. The van der Waals surface area contributed by atoms with Crippen molar-refractivity contribution in [3.05, 3.63) is 11.9 Å². The number of rotatable bonds is 4. The highest BCUT2D eigenvalue weighted by Crippen LogP contribution is 2.15. The normalized spacial score (nSPS) is 14.4. The summed E-state index contributed by atoms with van der Waals surface area (Å²) in [6, 6.07) is 0. The first-order valence-corrected chi connectivity index (χ1v) is 4.59. The maximum atomic E-state index is 9.65. The van der Waals surface area contributed by atoms with Gasteiger partial charge >= 0.3 is 0 Å². The number of ether oxygens (including phenoxy) is 1. The van der Waals surface area contributed by atoms with E-state index in [1.165, 1.54) is 0 Å². The minimum atomic E-state index is -0.936. The molecule has 0 aliphatic heterocycles. The smallest absolute Gasteiger partial charge is 0.114 e. The fourth-order valence-electron chi connectivity index (χ4n) is 1.01. The van der Waals surface area contributed by atoms with Gasteiger partial charge in [-0.2, -0.15) is 0 Å². The third-order valence-electron chi connectivity index (χ3n) is 2.01. The van der Waals surface area contributed by atoms with Gasteiger partial charge in [-0.15, -0.1) is 5.10 Å². The van der Waals surface area contributed by atoms with Crippen LogP contribution in [0.15, 0.2) is 6.20 Å². The average Bonchev–Trinajstić information content (AvgIpc) is 2.51. The Balaban J connectivity index is 2.69. The number of hydrogen-bond donors (Lipinski definition) is 1. The lowest BCUT2D eigenvalue weighted by Crippen LogP contribution is -2.16. The summed E-state index contributed by atoms with van der Waals surface area (Å²) in [5.41, 5.74) is -0.366. The molecule has 5 nitrogen and oxygen atoms in total. The van der Waals surface area contributed by atoms with E-state index in [9.17, 15) is 5.11 Å². The predicted molar refractivity (Wildman–Crippen MR) is 51.7 cm³/mol. The Morgan fingerprint density at radius 2 is 2.29 bits per heavy atom. The topological polar surface area (TPSA) is 60.2 Å². The Labute approximate surface area is 83.7 Å². The summed E-state index contributed by atoms with van der Waals surface area (Å²) in [5.74, 6) is 0. The van der Waals surface area contributed by atoms with Gasteiger partial charge in [0.2, 0.25) is 0 Å². The van der Waals surface area contributed by atoms with Crippen molar-refractivity contribution in [1.82, 2.24) is 15.0 Å². The first kappa shape index (κ1) is 11.1. The monoisotopic (exact) mass is 199 g/mol. The molecule has 14 heavy (non-hydrogen) atoms. The lowest BCUT2D eigenvalue weighted by atomic mass is 10.1. The Morgan fingerprint density at radius 1 is 1.64 bits per heavy atom. The summed E-state index contributed by atoms with van der Waals surface area (Å²) < 4.78 is 6.77. The van der Waals surface area contributed by atoms with Gasteiger partial charge in [0.05, 0.1) is 18.8 Å². The van der Waals surface area contributed by atoms with E-state index >= 15 is 0 Å². The van der Waals surface area contributed by atoms with E-state index < -0.39 is 5.60 Å². The van der Waals surface area contributed by atoms with Gasteiger partial charge < -0.3 is 9.84 Å². The molecule has 80 valence electrons. The molecule has 0 aromatic carbocycles. The molecule has 1 unspecified atom stereocenters. The van der Waals surface area contributed by atoms with Gasteiger partial charge in [0.15, 0.2) is 0 Å². The van der Waals surface area contributed by atoms with E-state index in [4.69, 9.17) is 4.74 Å². The van der Waals surface area contributed by atoms with Crippen molar-refractivity contribution < 1.29 is 9.84 Å². The van der Waals surface area contributed by atoms with E-state index in [1.807, 2.05) is 6.92 Å². The minimum Gasteiger partial charge on any atom is -0.384 e. The summed E-state index contributed by atoms with van der Waals surface area (Å²) >= 11 is 0. The maximum absolute atomic E-state index is 9.65. The van der Waals surface area contributed by atoms with Crippen molar-refractivity contribution in [1.29, 1.82) is 0 Å². The first-order chi connectivity index (χ1) is 6.43. The van der Waals surface area contributed by atoms with Gasteiger partial charge in [0.25, 0.3) is 0 Å². The van der Waals surface area contributed by atoms with Gasteiger partial charge in [-0.05, 0) is 20.8 Å². The Hall–Kier alpha value is -0.940. The van der Waals surface area contributed by atoms with Crippen LogP contribution in [-0.4, -0.2) is 33.3 Å². The number of aromatic nitrogens is 3. The zero-order chi connectivity index (χ0) is 10.8. The molecule has 1 atom stereocenters. The second-order valence-corrected chi connectivity index (χ2v) is 3.93. The summed E-state index contributed by atoms with van der Waals surface area (Å²) in [4.78, 5) is 0. The van der Waals surface area contributed by atoms with Crippen LogP contribution in [0.3, 0.4) is 0 Å². The van der Waals surface area contributed by atoms with Gasteiger partial charge in [0, 0.05) is 7.11 Å². The third-order valence-corrected chi connectivity index (χ3v) is 2.01. The van der Waals surface area contributed by atoms with Crippen molar-refractivity contribution in [3.63, 3.8) is 0 Å². The van der Waals surface area contributed by atoms with Crippen molar-refractivity contribution in [3.8, 4) is 0 Å². The largest absolute Gasteiger partial charge is 0.384 e. The van der Waals surface area contributed by atoms with Gasteiger partial charge in [-0.1, -0.05) is 5.21 Å². The zero-order valence-corrected chi connectivity index (χ0v) is 9.06. The molecule has 0 amide bonds. The molecule has 0 aliphatic rings. The molecule has 0 bridgehead atoms. The fourth-order valence-corrected chi connectivity index (χ4v) is 1.01. The Bertz CT molecular complexity index is 290. The second-order valence-electron chi connectivity index (χ2n) is 3.93. The van der Waals surface area contributed by atoms with E-state index in [-0.39, 0.29) is 6.10 Å². The molecular formula is C9H17N3O2. The summed E-state index contributed by atoms with van der Waals surface area (Å²) in [6.45, 7) is 5.95. The number of aliphatic hydroxyl groups is 1. The first-order valence-electron chi connectivity index (χ1n) is 4.59. The molecule has 1 aromatic rings. The molecule has 0 fully saturated rings. The average molecular weight is 199 g/mol. The molecule has 1 aromatic heterocycles. The summed E-state index contributed by atoms with van der Waals surface area (Å²) in [7, 11) is 1.65. The third kappa shape index (κ3) is 2.78. The lowest BCUT2D eigenvalue weighted by Gasteiger charge is -2.12. The number of nitrogens with zero attached hydrogens (tertiary/aromatic N) is 3. The SMILES string of the molecule is COC(C)Cn1cc(C(C)(C)O)nn1. The van der Waals surface area contributed by atoms with Crippen LogP contribution in [-0.2, 0) is 16.9 Å². The lowest BCUT2D eigenvalue weighted by molar-refractivity contribution is 0.0735. The van der Waals surface area contributed by atoms with Crippen LogP contribution < -0.4 is 0 Å². The molecule has 0 radical (unpaired) electrons. The fraction of sp³-hybridized carbons (Fsp3) is 0.778. The highest BCUT2D eigenvalue weighted by atomic mass is 16.5. The minimum absolute atomic E-state index is 0.0892. The van der Waals surface area contributed by atoms with E-state index in [0.29, 0.717) is 12.2 Å². The Morgan fingerprint density at radius 3 is 2.71 bits per heavy atom. The molecular weight excluding hydrogens is 182 g/mol. The molecule has 1 rings (SSSR count). The van der Waals surface area contributed by atoms with Crippen LogP contribution in [0.25, 0.3) is 0 Å². The van der Waals surface area contributed by atoms with Crippen molar-refractivity contribution in [2.75, 3.05) is 7.11 Å². The Kier molecular flexibility index (Phi) is 3.23. The van der Waals surface area contributed by atoms with Gasteiger partial charge in [0.1, 0.15) is 11.3 Å². The molecule has 1 heterocycles. The van der Waals surface area contributed by atoms with Gasteiger partial charge in [-0.25, -0.2) is 4.68 Å². The zero-order valence-electron chi connectivity index (χ0n) is 9.06. The molecule has 5 heteroatoms. The van der Waals surface area contributed by atoms with Crippen LogP contribution >= 0.6 is 0 Å². The van der Waals surface area contributed by atoms with E-state index in [0.717, 1.165) is 0 Å². The number of methoxy groups -OCH3 is 1. The van der Waals surface area contributed by atoms with Crippen molar-refractivity contribution in [2.45, 2.75) is 39.0 Å². The molecule has 1 N–H and O–H groups in total. The van der Waals surface area contributed by atoms with Gasteiger partial charge in [-0.3, -0.25) is 0 Å². The predicted octanol–water partition coefficient (Wildman–Crippen LogP) is 0.540. The molecule has 0 aliphatic carbocycles. The van der Waals surface area contributed by atoms with Crippen molar-refractivity contribution >= 4 is 0 Å². The molecule has 0 saturated carbocycles. The van der Waals surface area contributed by atoms with E-state index in [2.05, 4.69) is 10.3 Å². The van der Waals surface area contributed by atoms with Crippen LogP contribution in [0.5, 0.6) is 0 Å². The molecule has 0 saturated heterocycles. The highest BCUT2D eigenvalue weighted by molar-refractivity contribution is 5.02. The van der Waals surface area contributed by atoms with E-state index in [1.54, 1.807) is 31.8 Å². The molecule has 0 spiro atoms. The van der Waals surface area contributed by atoms with Crippen LogP contribution in [0.2, 0.25) is 0 Å². The van der Waals surface area contributed by atoms with Crippen LogP contribution in [0.1, 0.15) is 26.5 Å².